The van der Waals surface area contributed by atoms with Crippen LogP contribution in [-0.2, 0) is 0 Å². The Morgan fingerprint density at radius 2 is 2.07 bits per heavy atom. The van der Waals surface area contributed by atoms with Crippen LogP contribution in [-0.4, -0.2) is 17.3 Å². The normalized spacial score (nSPS) is 14.7. The van der Waals surface area contributed by atoms with Crippen molar-refractivity contribution in [3.8, 4) is 0 Å². The monoisotopic (exact) mass is 208 g/mol. The van der Waals surface area contributed by atoms with Crippen molar-refractivity contribution in [1.29, 1.82) is 0 Å². The van der Waals surface area contributed by atoms with Crippen LogP contribution in [0, 0.1) is 6.92 Å². The van der Waals surface area contributed by atoms with Gasteiger partial charge >= 0.3 is 0 Å². The van der Waals surface area contributed by atoms with Crippen LogP contribution in [0.2, 0.25) is 0 Å². The van der Waals surface area contributed by atoms with Crippen molar-refractivity contribution in [2.24, 2.45) is 0 Å². The molecule has 0 saturated heterocycles. The molecular formula is C12H20N2O. The van der Waals surface area contributed by atoms with E-state index in [0.717, 1.165) is 17.8 Å². The highest BCUT2D eigenvalue weighted by Gasteiger charge is 2.07. The van der Waals surface area contributed by atoms with Gasteiger partial charge in [0.2, 0.25) is 0 Å². The topological polar surface area (TPSA) is 58.3 Å². The zero-order chi connectivity index (χ0) is 11.4. The van der Waals surface area contributed by atoms with E-state index < -0.39 is 0 Å². The third kappa shape index (κ3) is 3.80. The lowest BCUT2D eigenvalue weighted by molar-refractivity contribution is 0.179. The molecule has 0 amide bonds. The Bertz CT molecular complexity index is 323. The summed E-state index contributed by atoms with van der Waals surface area (Å²) in [6.45, 7) is 5.89. The molecular weight excluding hydrogens is 188 g/mol. The Kier molecular flexibility index (Phi) is 3.97. The molecule has 0 aliphatic carbocycles. The minimum Gasteiger partial charge on any atom is -0.399 e. The summed E-state index contributed by atoms with van der Waals surface area (Å²) in [6.07, 6.45) is 0.447. The van der Waals surface area contributed by atoms with Gasteiger partial charge in [-0.05, 0) is 44.9 Å². The first-order valence-corrected chi connectivity index (χ1v) is 5.29. The lowest BCUT2D eigenvalue weighted by Gasteiger charge is -2.18. The smallest absolute Gasteiger partial charge is 0.0531 e. The van der Waals surface area contributed by atoms with Crippen molar-refractivity contribution in [2.45, 2.75) is 39.3 Å². The van der Waals surface area contributed by atoms with Gasteiger partial charge in [-0.15, -0.1) is 0 Å². The fourth-order valence-corrected chi connectivity index (χ4v) is 1.63. The highest BCUT2D eigenvalue weighted by Crippen LogP contribution is 2.19. The average molecular weight is 208 g/mol. The summed E-state index contributed by atoms with van der Waals surface area (Å²) in [5, 5.41) is 12.6. The SMILES string of the molecule is Cc1ccc(N)cc1NC(C)CC(C)O. The van der Waals surface area contributed by atoms with Gasteiger partial charge in [0.25, 0.3) is 0 Å². The second-order valence-corrected chi connectivity index (χ2v) is 4.20. The van der Waals surface area contributed by atoms with Crippen molar-refractivity contribution in [3.05, 3.63) is 23.8 Å². The summed E-state index contributed by atoms with van der Waals surface area (Å²) in [7, 11) is 0. The Morgan fingerprint density at radius 3 is 2.67 bits per heavy atom. The number of rotatable bonds is 4. The Balaban J connectivity index is 2.67. The first kappa shape index (κ1) is 11.9. The predicted molar refractivity (Wildman–Crippen MR) is 65.0 cm³/mol. The van der Waals surface area contributed by atoms with Crippen molar-refractivity contribution in [1.82, 2.24) is 0 Å². The molecule has 0 radical (unpaired) electrons. The number of hydrogen-bond acceptors (Lipinski definition) is 3. The van der Waals surface area contributed by atoms with E-state index in [0.29, 0.717) is 0 Å². The van der Waals surface area contributed by atoms with Crippen LogP contribution in [0.25, 0.3) is 0 Å². The molecule has 1 aromatic rings. The van der Waals surface area contributed by atoms with E-state index in [1.807, 2.05) is 25.1 Å². The zero-order valence-corrected chi connectivity index (χ0v) is 9.62. The van der Waals surface area contributed by atoms with Crippen molar-refractivity contribution in [2.75, 3.05) is 11.1 Å². The minimum atomic E-state index is -0.283. The second kappa shape index (κ2) is 5.03. The molecule has 0 saturated carbocycles. The molecule has 2 atom stereocenters. The summed E-state index contributed by atoms with van der Waals surface area (Å²) in [6, 6.07) is 6.05. The van der Waals surface area contributed by atoms with Crippen LogP contribution < -0.4 is 11.1 Å². The molecule has 0 bridgehead atoms. The number of nitrogens with two attached hydrogens (primary N) is 1. The number of aliphatic hydroxyl groups excluding tert-OH is 1. The third-order valence-electron chi connectivity index (χ3n) is 2.36. The van der Waals surface area contributed by atoms with Crippen LogP contribution in [0.4, 0.5) is 11.4 Å². The highest BCUT2D eigenvalue weighted by molar-refractivity contribution is 5.59. The molecule has 0 fully saturated rings. The predicted octanol–water partition coefficient (Wildman–Crippen LogP) is 2.15. The molecule has 2 unspecified atom stereocenters. The van der Waals surface area contributed by atoms with Crippen LogP contribution >= 0.6 is 0 Å². The molecule has 0 aromatic heterocycles. The first-order chi connectivity index (χ1) is 6.99. The maximum Gasteiger partial charge on any atom is 0.0531 e. The molecule has 0 aliphatic heterocycles. The molecule has 0 aliphatic rings. The maximum atomic E-state index is 9.26. The van der Waals surface area contributed by atoms with E-state index in [2.05, 4.69) is 12.2 Å². The summed E-state index contributed by atoms with van der Waals surface area (Å²) in [5.74, 6) is 0. The molecule has 0 spiro atoms. The number of benzene rings is 1. The number of aryl methyl sites for hydroxylation is 1. The van der Waals surface area contributed by atoms with Crippen molar-refractivity contribution >= 4 is 11.4 Å². The molecule has 3 heteroatoms. The second-order valence-electron chi connectivity index (χ2n) is 4.20. The fourth-order valence-electron chi connectivity index (χ4n) is 1.63. The Labute approximate surface area is 91.3 Å². The van der Waals surface area contributed by atoms with E-state index in [-0.39, 0.29) is 12.1 Å². The molecule has 0 heterocycles. The average Bonchev–Trinajstić information content (AvgIpc) is 2.10. The molecule has 1 rings (SSSR count). The Morgan fingerprint density at radius 1 is 1.40 bits per heavy atom. The van der Waals surface area contributed by atoms with Gasteiger partial charge in [-0.1, -0.05) is 6.07 Å². The largest absolute Gasteiger partial charge is 0.399 e. The lowest BCUT2D eigenvalue weighted by Crippen LogP contribution is -2.21. The van der Waals surface area contributed by atoms with E-state index in [1.165, 1.54) is 5.56 Å². The van der Waals surface area contributed by atoms with Crippen LogP contribution in [0.5, 0.6) is 0 Å². The lowest BCUT2D eigenvalue weighted by atomic mass is 10.1. The number of nitrogens with one attached hydrogen (secondary N) is 1. The standard InChI is InChI=1S/C12H20N2O/c1-8-4-5-11(13)7-12(8)14-9(2)6-10(3)15/h4-5,7,9-10,14-15H,6,13H2,1-3H3. The zero-order valence-electron chi connectivity index (χ0n) is 9.62. The summed E-state index contributed by atoms with van der Waals surface area (Å²) < 4.78 is 0. The number of hydrogen-bond donors (Lipinski definition) is 3. The number of anilines is 2. The van der Waals surface area contributed by atoms with Crippen molar-refractivity contribution in [3.63, 3.8) is 0 Å². The molecule has 3 nitrogen and oxygen atoms in total. The quantitative estimate of drug-likeness (QED) is 0.664. The molecule has 84 valence electrons. The molecule has 1 aromatic carbocycles. The number of nitrogen functional groups attached to an aromatic ring is 1. The van der Waals surface area contributed by atoms with Gasteiger partial charge in [-0.2, -0.15) is 0 Å². The van der Waals surface area contributed by atoms with Crippen molar-refractivity contribution < 1.29 is 5.11 Å². The van der Waals surface area contributed by atoms with Gasteiger partial charge in [0.1, 0.15) is 0 Å². The number of aliphatic hydroxyl groups is 1. The fraction of sp³-hybridized carbons (Fsp3) is 0.500. The van der Waals surface area contributed by atoms with Crippen LogP contribution in [0.3, 0.4) is 0 Å². The van der Waals surface area contributed by atoms with E-state index in [9.17, 15) is 5.11 Å². The van der Waals surface area contributed by atoms with E-state index in [4.69, 9.17) is 5.73 Å². The van der Waals surface area contributed by atoms with Crippen LogP contribution in [0.1, 0.15) is 25.8 Å². The van der Waals surface area contributed by atoms with Gasteiger partial charge in [-0.25, -0.2) is 0 Å². The summed E-state index contributed by atoms with van der Waals surface area (Å²) >= 11 is 0. The highest BCUT2D eigenvalue weighted by atomic mass is 16.3. The van der Waals surface area contributed by atoms with Gasteiger partial charge in [0.15, 0.2) is 0 Å². The summed E-state index contributed by atoms with van der Waals surface area (Å²) in [5.41, 5.74) is 8.68. The van der Waals surface area contributed by atoms with Gasteiger partial charge in [-0.3, -0.25) is 0 Å². The first-order valence-electron chi connectivity index (χ1n) is 5.29. The molecule has 15 heavy (non-hydrogen) atoms. The van der Waals surface area contributed by atoms with E-state index >= 15 is 0 Å². The van der Waals surface area contributed by atoms with Gasteiger partial charge in [0.05, 0.1) is 6.10 Å². The maximum absolute atomic E-state index is 9.26. The van der Waals surface area contributed by atoms with Gasteiger partial charge in [0, 0.05) is 17.4 Å². The van der Waals surface area contributed by atoms with Crippen LogP contribution in [0.15, 0.2) is 18.2 Å². The minimum absolute atomic E-state index is 0.241. The summed E-state index contributed by atoms with van der Waals surface area (Å²) in [4.78, 5) is 0. The molecule has 4 N–H and O–H groups in total. The Hall–Kier alpha value is -1.22. The third-order valence-corrected chi connectivity index (χ3v) is 2.36. The van der Waals surface area contributed by atoms with E-state index in [1.54, 1.807) is 6.92 Å². The van der Waals surface area contributed by atoms with Gasteiger partial charge < -0.3 is 16.2 Å².